The van der Waals surface area contributed by atoms with Crippen LogP contribution in [0.25, 0.3) is 10.4 Å². The molecule has 9 heteroatoms. The molecule has 4 heterocycles. The summed E-state index contributed by atoms with van der Waals surface area (Å²) in [5.41, 5.74) is 7.44. The van der Waals surface area contributed by atoms with E-state index < -0.39 is 5.60 Å². The fraction of sp³-hybridized carbons (Fsp3) is 0.407. The average Bonchev–Trinajstić information content (AvgIpc) is 3.52. The number of aromatic nitrogens is 2. The van der Waals surface area contributed by atoms with Gasteiger partial charge in [-0.05, 0) is 65.0 Å². The highest BCUT2D eigenvalue weighted by molar-refractivity contribution is 7.15. The van der Waals surface area contributed by atoms with E-state index in [0.717, 1.165) is 41.9 Å². The zero-order valence-electron chi connectivity index (χ0n) is 20.7. The van der Waals surface area contributed by atoms with Crippen molar-refractivity contribution in [3.05, 3.63) is 46.7 Å². The number of likely N-dealkylation sites (tertiary alicyclic amines) is 1. The lowest BCUT2D eigenvalue weighted by atomic mass is 9.98. The number of aliphatic hydroxyl groups is 1. The van der Waals surface area contributed by atoms with Gasteiger partial charge in [-0.15, -0.1) is 11.3 Å². The maximum absolute atomic E-state index is 9.95. The Hall–Kier alpha value is -3.32. The van der Waals surface area contributed by atoms with Crippen molar-refractivity contribution in [2.45, 2.75) is 44.8 Å². The summed E-state index contributed by atoms with van der Waals surface area (Å²) in [6.07, 6.45) is 5.94. The molecule has 0 spiro atoms. The molecule has 1 aromatic carbocycles. The maximum atomic E-state index is 9.95. The van der Waals surface area contributed by atoms with E-state index in [0.29, 0.717) is 34.5 Å². The third-order valence-corrected chi connectivity index (χ3v) is 7.41. The molecule has 188 valence electrons. The third kappa shape index (κ3) is 5.57. The molecule has 0 saturated carbocycles. The number of nitrogens with zero attached hydrogens (tertiary/aromatic N) is 3. The fourth-order valence-electron chi connectivity index (χ4n) is 4.21. The molecule has 2 aliphatic rings. The highest BCUT2D eigenvalue weighted by Gasteiger charge is 2.23. The van der Waals surface area contributed by atoms with Gasteiger partial charge in [-0.2, -0.15) is 0 Å². The summed E-state index contributed by atoms with van der Waals surface area (Å²) in [7, 11) is 2.16. The van der Waals surface area contributed by atoms with Crippen LogP contribution in [-0.2, 0) is 6.61 Å². The monoisotopic (exact) mass is 506 g/mol. The van der Waals surface area contributed by atoms with Gasteiger partial charge in [0.15, 0.2) is 23.1 Å². The van der Waals surface area contributed by atoms with Crippen LogP contribution in [0.2, 0.25) is 0 Å². The van der Waals surface area contributed by atoms with Gasteiger partial charge in [0, 0.05) is 35.0 Å². The van der Waals surface area contributed by atoms with E-state index in [-0.39, 0.29) is 13.4 Å². The second-order valence-electron chi connectivity index (χ2n) is 9.71. The fourth-order valence-corrected chi connectivity index (χ4v) is 5.28. The lowest BCUT2D eigenvalue weighted by molar-refractivity contribution is 0.143. The first-order valence-corrected chi connectivity index (χ1v) is 12.8. The smallest absolute Gasteiger partial charge is 0.231 e. The van der Waals surface area contributed by atoms with Crippen molar-refractivity contribution < 1.29 is 19.3 Å². The SMILES string of the molecule is CN1CCC(c2ncc(-c3cnc(N)c(OCc4cc(C#CC(C)(C)O)cc5c4OCO5)c3)s2)CC1. The second kappa shape index (κ2) is 9.97. The van der Waals surface area contributed by atoms with E-state index >= 15 is 0 Å². The molecule has 3 aromatic rings. The highest BCUT2D eigenvalue weighted by Crippen LogP contribution is 2.39. The molecule has 0 bridgehead atoms. The highest BCUT2D eigenvalue weighted by atomic mass is 32.1. The van der Waals surface area contributed by atoms with Crippen LogP contribution in [0.1, 0.15) is 48.7 Å². The van der Waals surface area contributed by atoms with E-state index in [4.69, 9.17) is 24.9 Å². The molecule has 36 heavy (non-hydrogen) atoms. The van der Waals surface area contributed by atoms with E-state index in [1.54, 1.807) is 37.4 Å². The van der Waals surface area contributed by atoms with Crippen LogP contribution in [0.4, 0.5) is 5.82 Å². The van der Waals surface area contributed by atoms with Crippen LogP contribution < -0.4 is 19.9 Å². The summed E-state index contributed by atoms with van der Waals surface area (Å²) in [6.45, 7) is 5.81. The topological polar surface area (TPSA) is 103 Å². The van der Waals surface area contributed by atoms with E-state index in [1.165, 1.54) is 5.01 Å². The first-order chi connectivity index (χ1) is 17.2. The molecule has 0 aliphatic carbocycles. The second-order valence-corrected chi connectivity index (χ2v) is 10.8. The lowest BCUT2D eigenvalue weighted by Gasteiger charge is -2.27. The Balaban J connectivity index is 1.35. The van der Waals surface area contributed by atoms with Crippen molar-refractivity contribution >= 4 is 17.2 Å². The number of hydrogen-bond donors (Lipinski definition) is 2. The van der Waals surface area contributed by atoms with Gasteiger partial charge in [0.25, 0.3) is 0 Å². The Morgan fingerprint density at radius 2 is 2.00 bits per heavy atom. The van der Waals surface area contributed by atoms with E-state index in [9.17, 15) is 5.11 Å². The minimum atomic E-state index is -1.10. The number of thiazole rings is 1. The Kier molecular flexibility index (Phi) is 6.75. The molecule has 1 fully saturated rings. The van der Waals surface area contributed by atoms with Crippen molar-refractivity contribution in [3.63, 3.8) is 0 Å². The molecule has 0 atom stereocenters. The number of benzene rings is 1. The van der Waals surface area contributed by atoms with Crippen LogP contribution >= 0.6 is 11.3 Å². The van der Waals surface area contributed by atoms with Gasteiger partial charge in [0.2, 0.25) is 6.79 Å². The van der Waals surface area contributed by atoms with Gasteiger partial charge in [-0.1, -0.05) is 11.8 Å². The Morgan fingerprint density at radius 1 is 1.19 bits per heavy atom. The molecule has 0 radical (unpaired) electrons. The summed E-state index contributed by atoms with van der Waals surface area (Å²) >= 11 is 1.71. The lowest BCUT2D eigenvalue weighted by Crippen LogP contribution is -2.29. The van der Waals surface area contributed by atoms with Gasteiger partial charge >= 0.3 is 0 Å². The number of pyridine rings is 1. The van der Waals surface area contributed by atoms with Gasteiger partial charge in [0.05, 0.1) is 9.88 Å². The molecule has 0 amide bonds. The molecular formula is C27H30N4O4S. The summed E-state index contributed by atoms with van der Waals surface area (Å²) in [4.78, 5) is 12.5. The molecule has 2 aromatic heterocycles. The number of fused-ring (bicyclic) bond motifs is 1. The van der Waals surface area contributed by atoms with E-state index in [1.807, 2.05) is 18.3 Å². The van der Waals surface area contributed by atoms with E-state index in [2.05, 4.69) is 28.8 Å². The standard InChI is InChI=1S/C27H30N4O4S/c1-27(2,32)7-4-17-10-20(24-21(11-17)34-16-35-24)15-33-22-12-19(13-29-25(22)28)23-14-30-26(36-23)18-5-8-31(3)9-6-18/h10-14,18,32H,5-6,8-9,15-16H2,1-3H3,(H2,28,29). The summed E-state index contributed by atoms with van der Waals surface area (Å²) < 4.78 is 17.3. The summed E-state index contributed by atoms with van der Waals surface area (Å²) in [5, 5.41) is 11.1. The van der Waals surface area contributed by atoms with Crippen molar-refractivity contribution in [2.75, 3.05) is 32.7 Å². The van der Waals surface area contributed by atoms with Crippen LogP contribution in [0.5, 0.6) is 17.2 Å². The summed E-state index contributed by atoms with van der Waals surface area (Å²) in [6, 6.07) is 5.58. The minimum Gasteiger partial charge on any atom is -0.485 e. The number of nitrogen functional groups attached to an aromatic ring is 1. The molecular weight excluding hydrogens is 476 g/mol. The number of hydrogen-bond acceptors (Lipinski definition) is 9. The molecule has 5 rings (SSSR count). The van der Waals surface area contributed by atoms with Gasteiger partial charge < -0.3 is 30.0 Å². The summed E-state index contributed by atoms with van der Waals surface area (Å²) in [5.74, 6) is 8.34. The van der Waals surface area contributed by atoms with Crippen LogP contribution in [0.3, 0.4) is 0 Å². The molecule has 3 N–H and O–H groups in total. The van der Waals surface area contributed by atoms with Crippen molar-refractivity contribution in [3.8, 4) is 39.5 Å². The van der Waals surface area contributed by atoms with Crippen LogP contribution in [-0.4, -0.2) is 52.5 Å². The zero-order chi connectivity index (χ0) is 25.3. The Labute approximate surface area is 215 Å². The predicted molar refractivity (Wildman–Crippen MR) is 139 cm³/mol. The van der Waals surface area contributed by atoms with Crippen LogP contribution in [0.15, 0.2) is 30.6 Å². The first kappa shape index (κ1) is 24.4. The minimum absolute atomic E-state index is 0.134. The zero-order valence-corrected chi connectivity index (χ0v) is 21.5. The number of piperidine rings is 1. The van der Waals surface area contributed by atoms with Crippen molar-refractivity contribution in [1.29, 1.82) is 0 Å². The quantitative estimate of drug-likeness (QED) is 0.500. The Morgan fingerprint density at radius 3 is 2.78 bits per heavy atom. The van der Waals surface area contributed by atoms with Gasteiger partial charge in [0.1, 0.15) is 12.2 Å². The third-order valence-electron chi connectivity index (χ3n) is 6.20. The number of nitrogens with two attached hydrogens (primary N) is 1. The van der Waals surface area contributed by atoms with Crippen molar-refractivity contribution in [2.24, 2.45) is 0 Å². The molecule has 2 aliphatic heterocycles. The molecule has 1 saturated heterocycles. The Bertz CT molecular complexity index is 1310. The first-order valence-electron chi connectivity index (χ1n) is 12.0. The van der Waals surface area contributed by atoms with Gasteiger partial charge in [-0.3, -0.25) is 0 Å². The predicted octanol–water partition coefficient (Wildman–Crippen LogP) is 4.03. The molecule has 0 unspecified atom stereocenters. The number of ether oxygens (including phenoxy) is 3. The largest absolute Gasteiger partial charge is 0.485 e. The van der Waals surface area contributed by atoms with Crippen LogP contribution in [0, 0.1) is 11.8 Å². The molecule has 8 nitrogen and oxygen atoms in total. The average molecular weight is 507 g/mol. The van der Waals surface area contributed by atoms with Crippen molar-refractivity contribution in [1.82, 2.24) is 14.9 Å². The normalized spacial score (nSPS) is 16.0. The number of anilines is 1. The van der Waals surface area contributed by atoms with Gasteiger partial charge in [-0.25, -0.2) is 9.97 Å². The maximum Gasteiger partial charge on any atom is 0.231 e. The number of rotatable bonds is 5.